The number of carboxylic acid groups (broad SMARTS) is 1. The molecule has 1 unspecified atom stereocenters. The van der Waals surface area contributed by atoms with Crippen molar-refractivity contribution in [3.05, 3.63) is 95.8 Å². The fourth-order valence-corrected chi connectivity index (χ4v) is 4.15. The molecule has 3 nitrogen and oxygen atoms in total. The lowest BCUT2D eigenvalue weighted by molar-refractivity contribution is -0.143. The van der Waals surface area contributed by atoms with Gasteiger partial charge < -0.3 is 5.11 Å². The number of rotatable bonds is 5. The van der Waals surface area contributed by atoms with E-state index in [4.69, 9.17) is 0 Å². The Morgan fingerprint density at radius 3 is 1.90 bits per heavy atom. The summed E-state index contributed by atoms with van der Waals surface area (Å²) in [6.45, 7) is 1.42. The van der Waals surface area contributed by atoms with Gasteiger partial charge in [0.05, 0.1) is 12.0 Å². The molecule has 0 bridgehead atoms. The van der Waals surface area contributed by atoms with Gasteiger partial charge in [0.2, 0.25) is 0 Å². The number of hydrogen-bond donors (Lipinski definition) is 1. The van der Waals surface area contributed by atoms with Gasteiger partial charge in [-0.2, -0.15) is 0 Å². The van der Waals surface area contributed by atoms with Crippen LogP contribution in [0, 0.1) is 11.7 Å². The van der Waals surface area contributed by atoms with Crippen LogP contribution in [0.2, 0.25) is 0 Å². The third-order valence-electron chi connectivity index (χ3n) is 5.76. The third kappa shape index (κ3) is 4.38. The molecule has 0 radical (unpaired) electrons. The predicted octanol–water partition coefficient (Wildman–Crippen LogP) is 5.38. The van der Waals surface area contributed by atoms with E-state index >= 15 is 0 Å². The minimum atomic E-state index is -0.713. The van der Waals surface area contributed by atoms with Crippen molar-refractivity contribution in [1.29, 1.82) is 0 Å². The lowest BCUT2D eigenvalue weighted by Gasteiger charge is -2.37. The zero-order valence-corrected chi connectivity index (χ0v) is 16.2. The highest BCUT2D eigenvalue weighted by molar-refractivity contribution is 5.70. The molecular formula is C25H24FNO2. The van der Waals surface area contributed by atoms with E-state index in [2.05, 4.69) is 41.3 Å². The molecule has 0 aliphatic carbocycles. The first kappa shape index (κ1) is 19.3. The molecule has 0 spiro atoms. The number of aliphatic carboxylic acids is 1. The highest BCUT2D eigenvalue weighted by Gasteiger charge is 2.30. The van der Waals surface area contributed by atoms with Crippen LogP contribution in [-0.4, -0.2) is 29.1 Å². The summed E-state index contributed by atoms with van der Waals surface area (Å²) in [7, 11) is 0. The number of piperidine rings is 1. The topological polar surface area (TPSA) is 40.5 Å². The Balaban J connectivity index is 1.63. The molecule has 0 aromatic heterocycles. The van der Waals surface area contributed by atoms with Gasteiger partial charge in [0.25, 0.3) is 0 Å². The van der Waals surface area contributed by atoms with Gasteiger partial charge in [-0.05, 0) is 60.3 Å². The zero-order valence-electron chi connectivity index (χ0n) is 16.2. The van der Waals surface area contributed by atoms with E-state index < -0.39 is 5.97 Å². The second-order valence-corrected chi connectivity index (χ2v) is 7.59. The fraction of sp³-hybridized carbons (Fsp3) is 0.240. The summed E-state index contributed by atoms with van der Waals surface area (Å²) in [6.07, 6.45) is 1.27. The molecule has 4 heteroatoms. The van der Waals surface area contributed by atoms with E-state index in [0.717, 1.165) is 16.7 Å². The average Bonchev–Trinajstić information content (AvgIpc) is 2.77. The highest BCUT2D eigenvalue weighted by atomic mass is 19.1. The molecule has 1 N–H and O–H groups in total. The second-order valence-electron chi connectivity index (χ2n) is 7.59. The molecule has 1 fully saturated rings. The molecule has 4 rings (SSSR count). The van der Waals surface area contributed by atoms with E-state index in [9.17, 15) is 14.3 Å². The maximum Gasteiger partial charge on any atom is 0.306 e. The summed E-state index contributed by atoms with van der Waals surface area (Å²) in [6, 6.07) is 25.3. The minimum absolute atomic E-state index is 0.0184. The van der Waals surface area contributed by atoms with E-state index in [0.29, 0.717) is 25.9 Å². The van der Waals surface area contributed by atoms with Crippen molar-refractivity contribution in [2.45, 2.75) is 18.9 Å². The second kappa shape index (κ2) is 8.58. The fourth-order valence-electron chi connectivity index (χ4n) is 4.15. The van der Waals surface area contributed by atoms with Gasteiger partial charge >= 0.3 is 5.97 Å². The molecule has 1 aliphatic rings. The predicted molar refractivity (Wildman–Crippen MR) is 112 cm³/mol. The van der Waals surface area contributed by atoms with Crippen LogP contribution in [0.5, 0.6) is 0 Å². The number of carboxylic acids is 1. The van der Waals surface area contributed by atoms with E-state index in [-0.39, 0.29) is 17.8 Å². The molecule has 29 heavy (non-hydrogen) atoms. The van der Waals surface area contributed by atoms with Crippen molar-refractivity contribution in [3.63, 3.8) is 0 Å². The van der Waals surface area contributed by atoms with Gasteiger partial charge in [-0.15, -0.1) is 0 Å². The molecular weight excluding hydrogens is 365 g/mol. The molecule has 148 valence electrons. The SMILES string of the molecule is O=C(O)C1CCN(C(c2ccc(F)cc2)c2ccc(-c3ccccc3)cc2)CC1. The monoisotopic (exact) mass is 389 g/mol. The van der Waals surface area contributed by atoms with Crippen LogP contribution >= 0.6 is 0 Å². The molecule has 3 aromatic rings. The number of likely N-dealkylation sites (tertiary alicyclic amines) is 1. The lowest BCUT2D eigenvalue weighted by atomic mass is 9.90. The number of benzene rings is 3. The van der Waals surface area contributed by atoms with Crippen molar-refractivity contribution >= 4 is 5.97 Å². The minimum Gasteiger partial charge on any atom is -0.481 e. The molecule has 0 saturated carbocycles. The summed E-state index contributed by atoms with van der Waals surface area (Å²) in [5, 5.41) is 9.31. The summed E-state index contributed by atoms with van der Waals surface area (Å²) >= 11 is 0. The zero-order chi connectivity index (χ0) is 20.2. The first-order valence-corrected chi connectivity index (χ1v) is 9.99. The number of nitrogens with zero attached hydrogens (tertiary/aromatic N) is 1. The molecule has 1 saturated heterocycles. The Labute approximate surface area is 170 Å². The Bertz CT molecular complexity index is 946. The van der Waals surface area contributed by atoms with Crippen LogP contribution in [-0.2, 0) is 4.79 Å². The maximum absolute atomic E-state index is 13.5. The van der Waals surface area contributed by atoms with Gasteiger partial charge in [-0.1, -0.05) is 66.7 Å². The van der Waals surface area contributed by atoms with Crippen molar-refractivity contribution in [2.24, 2.45) is 5.92 Å². The van der Waals surface area contributed by atoms with E-state index in [1.165, 1.54) is 17.7 Å². The standard InChI is InChI=1S/C25H24FNO2/c26-23-12-10-21(11-13-23)24(27-16-14-22(15-17-27)25(28)29)20-8-6-19(7-9-20)18-4-2-1-3-5-18/h1-13,22,24H,14-17H2,(H,28,29). The van der Waals surface area contributed by atoms with Gasteiger partial charge in [-0.25, -0.2) is 4.39 Å². The van der Waals surface area contributed by atoms with Crippen LogP contribution in [0.4, 0.5) is 4.39 Å². The van der Waals surface area contributed by atoms with Crippen molar-refractivity contribution in [1.82, 2.24) is 4.90 Å². The number of carbonyl (C=O) groups is 1. The smallest absolute Gasteiger partial charge is 0.306 e. The van der Waals surface area contributed by atoms with Crippen molar-refractivity contribution in [2.75, 3.05) is 13.1 Å². The third-order valence-corrected chi connectivity index (χ3v) is 5.76. The molecule has 1 heterocycles. The summed E-state index contributed by atoms with van der Waals surface area (Å²) in [5.74, 6) is -1.24. The Morgan fingerprint density at radius 2 is 1.34 bits per heavy atom. The molecule has 1 aliphatic heterocycles. The normalized spacial score (nSPS) is 16.4. The summed E-state index contributed by atoms with van der Waals surface area (Å²) in [5.41, 5.74) is 4.47. The lowest BCUT2D eigenvalue weighted by Crippen LogP contribution is -2.39. The van der Waals surface area contributed by atoms with Gasteiger partial charge in [0.15, 0.2) is 0 Å². The van der Waals surface area contributed by atoms with Crippen LogP contribution < -0.4 is 0 Å². The maximum atomic E-state index is 13.5. The largest absolute Gasteiger partial charge is 0.481 e. The van der Waals surface area contributed by atoms with Crippen LogP contribution in [0.1, 0.15) is 30.0 Å². The first-order valence-electron chi connectivity index (χ1n) is 9.99. The number of halogens is 1. The van der Waals surface area contributed by atoms with Crippen LogP contribution in [0.25, 0.3) is 11.1 Å². The summed E-state index contributed by atoms with van der Waals surface area (Å²) < 4.78 is 13.5. The molecule has 1 atom stereocenters. The quantitative estimate of drug-likeness (QED) is 0.637. The van der Waals surface area contributed by atoms with E-state index in [1.54, 1.807) is 0 Å². The highest BCUT2D eigenvalue weighted by Crippen LogP contribution is 2.33. The van der Waals surface area contributed by atoms with Gasteiger partial charge in [0.1, 0.15) is 5.82 Å². The average molecular weight is 389 g/mol. The summed E-state index contributed by atoms with van der Waals surface area (Å²) in [4.78, 5) is 13.6. The first-order chi connectivity index (χ1) is 14.1. The van der Waals surface area contributed by atoms with Gasteiger partial charge in [-0.3, -0.25) is 9.69 Å². The Hall–Kier alpha value is -2.98. The molecule has 0 amide bonds. The Kier molecular flexibility index (Phi) is 5.72. The van der Waals surface area contributed by atoms with Gasteiger partial charge in [0, 0.05) is 0 Å². The van der Waals surface area contributed by atoms with Crippen LogP contribution in [0.3, 0.4) is 0 Å². The van der Waals surface area contributed by atoms with Crippen LogP contribution in [0.15, 0.2) is 78.9 Å². The molecule has 3 aromatic carbocycles. The number of hydrogen-bond acceptors (Lipinski definition) is 2. The van der Waals surface area contributed by atoms with E-state index in [1.807, 2.05) is 30.3 Å². The van der Waals surface area contributed by atoms with Crippen molar-refractivity contribution in [3.8, 4) is 11.1 Å². The Morgan fingerprint density at radius 1 is 0.828 bits per heavy atom. The van der Waals surface area contributed by atoms with Crippen molar-refractivity contribution < 1.29 is 14.3 Å².